The van der Waals surface area contributed by atoms with Gasteiger partial charge < -0.3 is 9.30 Å². The molecular formula is C58H38N2. The van der Waals surface area contributed by atoms with Gasteiger partial charge in [0.1, 0.15) is 0 Å². The summed E-state index contributed by atoms with van der Waals surface area (Å²) in [4.78, 5) is 2.45. The Morgan fingerprint density at radius 3 is 1.57 bits per heavy atom. The van der Waals surface area contributed by atoms with Crippen molar-refractivity contribution in [3.63, 3.8) is 0 Å². The van der Waals surface area contributed by atoms with Crippen molar-refractivity contribution in [2.24, 2.45) is 0 Å². The highest BCUT2D eigenvalue weighted by atomic mass is 15.1. The lowest BCUT2D eigenvalue weighted by Crippen LogP contribution is -2.25. The van der Waals surface area contributed by atoms with Gasteiger partial charge in [0.05, 0.1) is 22.0 Å². The highest BCUT2D eigenvalue weighted by Crippen LogP contribution is 2.64. The molecule has 2 heterocycles. The molecule has 0 fully saturated rings. The van der Waals surface area contributed by atoms with Gasteiger partial charge in [0.25, 0.3) is 0 Å². The van der Waals surface area contributed by atoms with Crippen LogP contribution in [0.5, 0.6) is 0 Å². The van der Waals surface area contributed by atoms with Crippen LogP contribution in [-0.2, 0) is 10.8 Å². The Labute approximate surface area is 348 Å². The van der Waals surface area contributed by atoms with Crippen LogP contribution in [0.15, 0.2) is 194 Å². The molecule has 0 saturated heterocycles. The number of rotatable bonds is 3. The van der Waals surface area contributed by atoms with Crippen molar-refractivity contribution in [1.82, 2.24) is 4.40 Å². The maximum atomic E-state index is 2.62. The van der Waals surface area contributed by atoms with Crippen LogP contribution >= 0.6 is 0 Å². The molecule has 2 heteroatoms. The molecule has 0 N–H and O–H groups in total. The summed E-state index contributed by atoms with van der Waals surface area (Å²) in [5, 5.41) is 5.16. The van der Waals surface area contributed by atoms with Crippen molar-refractivity contribution >= 4 is 55.2 Å². The first-order chi connectivity index (χ1) is 29.5. The Morgan fingerprint density at radius 2 is 0.850 bits per heavy atom. The van der Waals surface area contributed by atoms with E-state index < -0.39 is 5.41 Å². The summed E-state index contributed by atoms with van der Waals surface area (Å²) >= 11 is 0. The lowest BCUT2D eigenvalue weighted by atomic mass is 9.70. The number of aromatic nitrogens is 1. The fourth-order valence-electron chi connectivity index (χ4n) is 12.1. The van der Waals surface area contributed by atoms with E-state index in [2.05, 4.69) is 217 Å². The predicted molar refractivity (Wildman–Crippen MR) is 250 cm³/mol. The molecule has 280 valence electrons. The molecule has 1 spiro atoms. The number of anilines is 3. The predicted octanol–water partition coefficient (Wildman–Crippen LogP) is 15.0. The summed E-state index contributed by atoms with van der Waals surface area (Å²) in [6, 6.07) is 73.2. The lowest BCUT2D eigenvalue weighted by molar-refractivity contribution is 0.660. The largest absolute Gasteiger partial charge is 0.310 e. The van der Waals surface area contributed by atoms with Crippen molar-refractivity contribution in [2.75, 3.05) is 4.90 Å². The van der Waals surface area contributed by atoms with Crippen LogP contribution in [0.2, 0.25) is 0 Å². The van der Waals surface area contributed by atoms with Crippen molar-refractivity contribution in [1.29, 1.82) is 0 Å². The Kier molecular flexibility index (Phi) is 6.07. The highest BCUT2D eigenvalue weighted by molar-refractivity contribution is 6.26. The molecule has 3 aliphatic carbocycles. The first-order valence-corrected chi connectivity index (χ1v) is 21.2. The molecule has 9 aromatic carbocycles. The van der Waals surface area contributed by atoms with Gasteiger partial charge in [-0.15, -0.1) is 0 Å². The minimum Gasteiger partial charge on any atom is -0.310 e. The van der Waals surface area contributed by atoms with Gasteiger partial charge in [-0.3, -0.25) is 0 Å². The smallest absolute Gasteiger partial charge is 0.0726 e. The van der Waals surface area contributed by atoms with E-state index >= 15 is 0 Å². The molecule has 11 aromatic rings. The van der Waals surface area contributed by atoms with E-state index in [1.54, 1.807) is 0 Å². The average Bonchev–Trinajstić information content (AvgIpc) is 4.05. The minimum atomic E-state index is -0.402. The standard InChI is InChI=1S/C58H38N2/c1-57(2)47-23-10-6-19-40(47)46-33-36(28-31-48(46)57)59(35-15-4-3-5-16-35)37-27-29-41-42-21-14-22-43-44-30-32-52-54(56(44)60(55(42)43)53(41)34-37)45-20-9-13-26-51(45)58(52)49-24-11-7-17-38(49)39-18-8-12-25-50(39)58/h3-34H,1-2H3. The zero-order chi connectivity index (χ0) is 39.5. The van der Waals surface area contributed by atoms with Crippen molar-refractivity contribution < 1.29 is 0 Å². The maximum Gasteiger partial charge on any atom is 0.0726 e. The lowest BCUT2D eigenvalue weighted by Gasteiger charge is -2.30. The van der Waals surface area contributed by atoms with E-state index in [1.165, 1.54) is 105 Å². The third kappa shape index (κ3) is 3.77. The molecule has 2 aromatic heterocycles. The fourth-order valence-corrected chi connectivity index (χ4v) is 12.1. The quantitative estimate of drug-likeness (QED) is 0.174. The number of hydrogen-bond acceptors (Lipinski definition) is 1. The van der Waals surface area contributed by atoms with Crippen LogP contribution in [0.4, 0.5) is 17.1 Å². The summed E-state index contributed by atoms with van der Waals surface area (Å²) in [5.74, 6) is 0. The highest BCUT2D eigenvalue weighted by Gasteiger charge is 2.52. The summed E-state index contributed by atoms with van der Waals surface area (Å²) in [6.45, 7) is 4.71. The van der Waals surface area contributed by atoms with Gasteiger partial charge in [0, 0.05) is 49.6 Å². The molecular weight excluding hydrogens is 725 g/mol. The van der Waals surface area contributed by atoms with Crippen molar-refractivity contribution in [3.05, 3.63) is 228 Å². The van der Waals surface area contributed by atoms with E-state index in [4.69, 9.17) is 0 Å². The Hall–Kier alpha value is -7.42. The van der Waals surface area contributed by atoms with Crippen LogP contribution in [0.3, 0.4) is 0 Å². The first-order valence-electron chi connectivity index (χ1n) is 21.2. The monoisotopic (exact) mass is 762 g/mol. The molecule has 3 aliphatic rings. The third-order valence-electron chi connectivity index (χ3n) is 14.5. The Balaban J connectivity index is 1.07. The molecule has 0 radical (unpaired) electrons. The van der Waals surface area contributed by atoms with E-state index in [1.807, 2.05) is 0 Å². The SMILES string of the molecule is CC1(C)c2ccccc2-c2cc(N(c3ccccc3)c3ccc4c5cccc6c7ccc8c(c7n(c4c3)c56)-c3ccccc3C83c4ccccc4-c4ccccc43)ccc21. The van der Waals surface area contributed by atoms with Crippen LogP contribution in [0.25, 0.3) is 71.5 Å². The first kappa shape index (κ1) is 32.5. The van der Waals surface area contributed by atoms with Crippen molar-refractivity contribution in [3.8, 4) is 33.4 Å². The number of para-hydroxylation sites is 2. The molecule has 0 bridgehead atoms. The second-order valence-corrected chi connectivity index (χ2v) is 17.6. The van der Waals surface area contributed by atoms with Gasteiger partial charge >= 0.3 is 0 Å². The zero-order valence-corrected chi connectivity index (χ0v) is 33.4. The summed E-state index contributed by atoms with van der Waals surface area (Å²) in [5.41, 5.74) is 23.0. The van der Waals surface area contributed by atoms with Gasteiger partial charge in [-0.25, -0.2) is 0 Å². The zero-order valence-electron chi connectivity index (χ0n) is 33.4. The number of hydrogen-bond donors (Lipinski definition) is 0. The summed E-state index contributed by atoms with van der Waals surface area (Å²) in [6.07, 6.45) is 0. The molecule has 0 amide bonds. The molecule has 0 saturated carbocycles. The van der Waals surface area contributed by atoms with Crippen LogP contribution in [-0.4, -0.2) is 4.40 Å². The maximum absolute atomic E-state index is 2.62. The number of benzene rings is 9. The van der Waals surface area contributed by atoms with E-state index in [-0.39, 0.29) is 5.41 Å². The van der Waals surface area contributed by atoms with Gasteiger partial charge in [0.2, 0.25) is 0 Å². The molecule has 0 atom stereocenters. The molecule has 60 heavy (non-hydrogen) atoms. The fraction of sp³-hybridized carbons (Fsp3) is 0.0690. The van der Waals surface area contributed by atoms with Gasteiger partial charge in [-0.2, -0.15) is 0 Å². The average molecular weight is 763 g/mol. The van der Waals surface area contributed by atoms with Crippen molar-refractivity contribution in [2.45, 2.75) is 24.7 Å². The Bertz CT molecular complexity index is 3600. The van der Waals surface area contributed by atoms with E-state index in [0.717, 1.165) is 17.1 Å². The number of nitrogens with zero attached hydrogens (tertiary/aromatic N) is 2. The molecule has 14 rings (SSSR count). The molecule has 0 aliphatic heterocycles. The minimum absolute atomic E-state index is 0.0532. The van der Waals surface area contributed by atoms with E-state index in [9.17, 15) is 0 Å². The van der Waals surface area contributed by atoms with Crippen LogP contribution < -0.4 is 4.90 Å². The summed E-state index contributed by atoms with van der Waals surface area (Å²) < 4.78 is 2.62. The second-order valence-electron chi connectivity index (χ2n) is 17.6. The molecule has 0 unspecified atom stereocenters. The second kappa shape index (κ2) is 11.2. The summed E-state index contributed by atoms with van der Waals surface area (Å²) in [7, 11) is 0. The normalized spacial score (nSPS) is 14.8. The van der Waals surface area contributed by atoms with Gasteiger partial charge in [-0.1, -0.05) is 172 Å². The van der Waals surface area contributed by atoms with Gasteiger partial charge in [-0.05, 0) is 97.6 Å². The third-order valence-corrected chi connectivity index (χ3v) is 14.5. The van der Waals surface area contributed by atoms with Gasteiger partial charge in [0.15, 0.2) is 0 Å². The van der Waals surface area contributed by atoms with Crippen LogP contribution in [0, 0.1) is 0 Å². The topological polar surface area (TPSA) is 7.65 Å². The number of fused-ring (bicyclic) bond motifs is 20. The van der Waals surface area contributed by atoms with E-state index in [0.29, 0.717) is 0 Å². The van der Waals surface area contributed by atoms with Crippen LogP contribution in [0.1, 0.15) is 47.2 Å². The molecule has 2 nitrogen and oxygen atoms in total. The Morgan fingerprint density at radius 1 is 0.350 bits per heavy atom.